The van der Waals surface area contributed by atoms with E-state index in [1.165, 1.54) is 46.9 Å². The van der Waals surface area contributed by atoms with Crippen LogP contribution in [0.3, 0.4) is 0 Å². The van der Waals surface area contributed by atoms with Crippen molar-refractivity contribution in [2.24, 2.45) is 11.8 Å². The van der Waals surface area contributed by atoms with Gasteiger partial charge in [0.15, 0.2) is 5.78 Å². The Morgan fingerprint density at radius 2 is 1.57 bits per heavy atom. The molecule has 0 amide bonds. The number of benzene rings is 3. The molecule has 0 aliphatic carbocycles. The molecule has 0 spiro atoms. The van der Waals surface area contributed by atoms with E-state index in [1.807, 2.05) is 33.9 Å². The minimum Gasteiger partial charge on any atom is 0 e. The molecule has 1 N–H and O–H groups in total. The third kappa shape index (κ3) is 5.90. The molecule has 6 heteroatoms. The van der Waals surface area contributed by atoms with Crippen molar-refractivity contribution in [1.29, 1.82) is 0 Å². The van der Waals surface area contributed by atoms with Gasteiger partial charge >= 0.3 is 159 Å². The van der Waals surface area contributed by atoms with Crippen LogP contribution >= 0.6 is 0 Å². The van der Waals surface area contributed by atoms with Crippen LogP contribution in [-0.4, -0.2) is 38.5 Å². The van der Waals surface area contributed by atoms with Crippen molar-refractivity contribution in [3.05, 3.63) is 78.7 Å². The molecule has 5 aromatic rings. The second kappa shape index (κ2) is 13.5. The van der Waals surface area contributed by atoms with Gasteiger partial charge in [0.05, 0.1) is 5.76 Å². The quantitative estimate of drug-likeness (QED) is 0.0783. The molecule has 0 saturated heterocycles. The monoisotopic (exact) mass is 819 g/mol. The maximum atomic E-state index is 11.7. The number of aliphatic hydroxyl groups excluding tert-OH is 1. The smallest absolute Gasteiger partial charge is 0 e. The predicted molar refractivity (Wildman–Crippen MR) is 179 cm³/mol. The molecule has 0 atom stereocenters. The predicted octanol–water partition coefficient (Wildman–Crippen LogP) is 8.07. The Bertz CT molecular complexity index is 1770. The van der Waals surface area contributed by atoms with Crippen LogP contribution < -0.4 is 10.4 Å². The minimum atomic E-state index is -1.86. The van der Waals surface area contributed by atoms with Gasteiger partial charge in [-0.2, -0.15) is 0 Å². The van der Waals surface area contributed by atoms with Crippen molar-refractivity contribution in [1.82, 2.24) is 4.98 Å². The molecule has 0 fully saturated rings. The van der Waals surface area contributed by atoms with E-state index in [0.29, 0.717) is 14.5 Å². The summed E-state index contributed by atoms with van der Waals surface area (Å²) in [6, 6.07) is 24.0. The Morgan fingerprint density at radius 1 is 0.905 bits per heavy atom. The van der Waals surface area contributed by atoms with Crippen molar-refractivity contribution in [3.63, 3.8) is 0 Å². The molecule has 1 aliphatic rings. The van der Waals surface area contributed by atoms with E-state index in [-0.39, 0.29) is 43.5 Å². The average Bonchev–Trinajstić information content (AvgIpc) is 3.33. The van der Waals surface area contributed by atoms with Gasteiger partial charge in [0.25, 0.3) is 0 Å². The van der Waals surface area contributed by atoms with Crippen molar-refractivity contribution in [2.45, 2.75) is 66.5 Å². The largest absolute Gasteiger partial charge is 0 e. The van der Waals surface area contributed by atoms with Crippen LogP contribution in [0.5, 0.6) is 0 Å². The first-order valence-corrected chi connectivity index (χ1v) is 19.7. The van der Waals surface area contributed by atoms with E-state index in [9.17, 15) is 9.90 Å². The summed E-state index contributed by atoms with van der Waals surface area (Å²) in [5.74, 6) is 0.547. The number of rotatable bonds is 7. The van der Waals surface area contributed by atoms with Crippen molar-refractivity contribution < 1.29 is 30.0 Å². The zero-order valence-electron chi connectivity index (χ0n) is 25.4. The molecule has 221 valence electrons. The van der Waals surface area contributed by atoms with Crippen LogP contribution in [0.25, 0.3) is 41.3 Å². The van der Waals surface area contributed by atoms with Gasteiger partial charge in [-0.3, -0.25) is 4.79 Å². The van der Waals surface area contributed by atoms with E-state index in [0.717, 1.165) is 31.4 Å². The number of hydrogen-bond donors (Lipinski definition) is 1. The average molecular weight is 818 g/mol. The van der Waals surface area contributed by atoms with Gasteiger partial charge in [-0.15, -0.1) is 0 Å². The molecule has 3 heterocycles. The molecule has 3 aromatic carbocycles. The van der Waals surface area contributed by atoms with E-state index in [2.05, 4.69) is 73.8 Å². The Hall–Kier alpha value is -2.33. The summed E-state index contributed by atoms with van der Waals surface area (Å²) in [6.45, 7) is 13.0. The third-order valence-corrected chi connectivity index (χ3v) is 14.7. The second-order valence-electron chi connectivity index (χ2n) is 11.6. The van der Waals surface area contributed by atoms with Crippen molar-refractivity contribution >= 4 is 68.8 Å². The summed E-state index contributed by atoms with van der Waals surface area (Å²) in [5.41, 5.74) is 2.38. The fourth-order valence-electron chi connectivity index (χ4n) is 6.24. The number of aromatic nitrogens is 1. The molecule has 0 unspecified atom stereocenters. The maximum absolute atomic E-state index is 11.7. The molecular weight excluding hydrogens is 778 g/mol. The van der Waals surface area contributed by atoms with Gasteiger partial charge < -0.3 is 5.11 Å². The van der Waals surface area contributed by atoms with Gasteiger partial charge in [-0.05, 0) is 25.7 Å². The zero-order valence-corrected chi connectivity index (χ0v) is 30.5. The number of aliphatic hydroxyl groups is 1. The normalized spacial score (nSPS) is 13.7. The summed E-state index contributed by atoms with van der Waals surface area (Å²) in [6.07, 6.45) is 6.90. The van der Waals surface area contributed by atoms with E-state index < -0.39 is 8.07 Å². The topological polar surface area (TPSA) is 50.2 Å². The SMILES string of the molecule is CCC(CC)C(=O)/C=C(\O)C(CC)CC.C[Si]1(C)c2cc3ccccc3[c-]c2-c2nccc3[se]c4cccc1c4c23.[Ir]. The van der Waals surface area contributed by atoms with Crippen molar-refractivity contribution in [2.75, 3.05) is 0 Å². The summed E-state index contributed by atoms with van der Waals surface area (Å²) < 4.78 is 3.00. The molecule has 1 aliphatic heterocycles. The van der Waals surface area contributed by atoms with Crippen LogP contribution in [0.1, 0.15) is 53.4 Å². The number of fused-ring (bicyclic) bond motifs is 3. The molecule has 1 radical (unpaired) electrons. The van der Waals surface area contributed by atoms with Gasteiger partial charge in [0.2, 0.25) is 0 Å². The molecule has 6 rings (SSSR count). The number of ketones is 1. The first-order valence-electron chi connectivity index (χ1n) is 15.0. The molecule has 3 nitrogen and oxygen atoms in total. The maximum Gasteiger partial charge on any atom is 0 e. The van der Waals surface area contributed by atoms with Crippen LogP contribution in [0.15, 0.2) is 72.6 Å². The van der Waals surface area contributed by atoms with E-state index >= 15 is 0 Å². The van der Waals surface area contributed by atoms with Gasteiger partial charge in [-0.25, -0.2) is 0 Å². The Balaban J connectivity index is 0.000000221. The molecular formula is C36H40IrNO2SeSi-. The molecule has 0 saturated carbocycles. The van der Waals surface area contributed by atoms with Gasteiger partial charge in [0, 0.05) is 38.0 Å². The Kier molecular flexibility index (Phi) is 10.5. The number of carbonyl (C=O) groups is 1. The van der Waals surface area contributed by atoms with Crippen molar-refractivity contribution in [3.8, 4) is 11.3 Å². The molecule has 2 aromatic heterocycles. The van der Waals surface area contributed by atoms with Gasteiger partial charge in [-0.1, -0.05) is 27.7 Å². The van der Waals surface area contributed by atoms with E-state index in [4.69, 9.17) is 4.98 Å². The Labute approximate surface area is 270 Å². The Morgan fingerprint density at radius 3 is 2.26 bits per heavy atom. The molecule has 0 bridgehead atoms. The molecule has 42 heavy (non-hydrogen) atoms. The first-order chi connectivity index (χ1) is 19.7. The number of hydrogen-bond acceptors (Lipinski definition) is 3. The van der Waals surface area contributed by atoms with Crippen LogP contribution in [0.4, 0.5) is 0 Å². The number of allylic oxidation sites excluding steroid dienone is 2. The second-order valence-corrected chi connectivity index (χ2v) is 18.2. The number of pyridine rings is 1. The minimum absolute atomic E-state index is 0. The summed E-state index contributed by atoms with van der Waals surface area (Å²) >= 11 is 0.386. The summed E-state index contributed by atoms with van der Waals surface area (Å²) in [5, 5.41) is 18.1. The summed E-state index contributed by atoms with van der Waals surface area (Å²) in [7, 11) is -1.86. The van der Waals surface area contributed by atoms with Gasteiger partial charge in [0.1, 0.15) is 0 Å². The van der Waals surface area contributed by atoms with Crippen LogP contribution in [0, 0.1) is 17.9 Å². The van der Waals surface area contributed by atoms with Crippen LogP contribution in [-0.2, 0) is 24.9 Å². The first kappa shape index (κ1) is 32.6. The fraction of sp³-hybridized carbons (Fsp3) is 0.333. The third-order valence-electron chi connectivity index (χ3n) is 8.86. The summed E-state index contributed by atoms with van der Waals surface area (Å²) in [4.78, 5) is 16.6. The standard InChI is InChI=1S/C23H16NSeSi.C13H24O2.Ir/c1-26(2)19-9-5-8-17-21(19)22-18(25-17)10-11-24-23(22)16-12-14-6-3-4-7-15(14)13-20(16)26;1-5-10(6-2)12(14)9-13(15)11(7-3)8-4;/h3-11,13H,1-2H3;9-11,14H,5-8H2,1-4H3;/q-1;;/b;12-9-;. The number of nitrogens with zero attached hydrogens (tertiary/aromatic N) is 1. The fourth-order valence-corrected chi connectivity index (χ4v) is 11.8. The number of carbonyl (C=O) groups excluding carboxylic acids is 1. The van der Waals surface area contributed by atoms with E-state index in [1.54, 1.807) is 5.19 Å². The van der Waals surface area contributed by atoms with Crippen LogP contribution in [0.2, 0.25) is 13.1 Å². The zero-order chi connectivity index (χ0) is 29.3.